The molecule has 102 valence electrons. The number of aryl methyl sites for hydroxylation is 2. The van der Waals surface area contributed by atoms with Gasteiger partial charge in [-0.3, -0.25) is 0 Å². The van der Waals surface area contributed by atoms with E-state index in [0.29, 0.717) is 12.3 Å². The summed E-state index contributed by atoms with van der Waals surface area (Å²) in [5, 5.41) is 9.05. The average molecular weight is 256 g/mol. The van der Waals surface area contributed by atoms with Gasteiger partial charge in [0.1, 0.15) is 0 Å². The molecule has 1 heterocycles. The van der Waals surface area contributed by atoms with Crippen LogP contribution in [0.4, 0.5) is 5.69 Å². The highest BCUT2D eigenvalue weighted by atomic mass is 15.2. The molecule has 1 aliphatic heterocycles. The molecule has 0 aromatic heterocycles. The zero-order valence-corrected chi connectivity index (χ0v) is 12.5. The van der Waals surface area contributed by atoms with Crippen LogP contribution in [0.25, 0.3) is 0 Å². The molecule has 19 heavy (non-hydrogen) atoms. The number of rotatable bonds is 2. The zero-order chi connectivity index (χ0) is 14.0. The van der Waals surface area contributed by atoms with Crippen LogP contribution in [0.1, 0.15) is 44.2 Å². The minimum absolute atomic E-state index is 0.0604. The third kappa shape index (κ3) is 2.47. The predicted octanol–water partition coefficient (Wildman–Crippen LogP) is 4.21. The number of piperidine rings is 1. The number of benzene rings is 1. The second-order valence-electron chi connectivity index (χ2n) is 6.25. The Morgan fingerprint density at radius 1 is 1.32 bits per heavy atom. The van der Waals surface area contributed by atoms with Crippen LogP contribution in [0, 0.1) is 31.1 Å². The second-order valence-corrected chi connectivity index (χ2v) is 6.25. The molecule has 1 atom stereocenters. The highest BCUT2D eigenvalue weighted by molar-refractivity contribution is 5.61. The summed E-state index contributed by atoms with van der Waals surface area (Å²) >= 11 is 0. The molecule has 2 rings (SSSR count). The van der Waals surface area contributed by atoms with Crippen LogP contribution in [0.5, 0.6) is 0 Å². The maximum Gasteiger partial charge on any atom is 0.0625 e. The first-order chi connectivity index (χ1) is 8.98. The summed E-state index contributed by atoms with van der Waals surface area (Å²) < 4.78 is 0. The van der Waals surface area contributed by atoms with E-state index in [1.807, 2.05) is 0 Å². The van der Waals surface area contributed by atoms with Gasteiger partial charge < -0.3 is 4.90 Å². The molecule has 0 radical (unpaired) electrons. The molecule has 1 saturated heterocycles. The minimum Gasteiger partial charge on any atom is -0.366 e. The summed E-state index contributed by atoms with van der Waals surface area (Å²) in [6, 6.07) is 8.86. The summed E-state index contributed by atoms with van der Waals surface area (Å²) in [5.41, 5.74) is 4.11. The number of para-hydroxylation sites is 1. The number of nitriles is 1. The first-order valence-electron chi connectivity index (χ1n) is 7.19. The first-order valence-corrected chi connectivity index (χ1v) is 7.19. The molecule has 0 N–H and O–H groups in total. The van der Waals surface area contributed by atoms with Crippen molar-refractivity contribution in [2.24, 2.45) is 5.92 Å². The Hall–Kier alpha value is -1.49. The topological polar surface area (TPSA) is 27.0 Å². The SMILES string of the molecule is Cc1cccc(C)c1N1CCCC(CC#N)C1(C)C. The van der Waals surface area contributed by atoms with Gasteiger partial charge in [-0.25, -0.2) is 0 Å². The lowest BCUT2D eigenvalue weighted by Gasteiger charge is -2.50. The second kappa shape index (κ2) is 5.25. The lowest BCUT2D eigenvalue weighted by atomic mass is 9.76. The van der Waals surface area contributed by atoms with Crippen molar-refractivity contribution in [1.29, 1.82) is 5.26 Å². The lowest BCUT2D eigenvalue weighted by Crippen LogP contribution is -2.54. The van der Waals surface area contributed by atoms with E-state index in [0.717, 1.165) is 6.54 Å². The maximum absolute atomic E-state index is 9.05. The van der Waals surface area contributed by atoms with Gasteiger partial charge in [-0.1, -0.05) is 18.2 Å². The molecule has 1 unspecified atom stereocenters. The predicted molar refractivity (Wildman–Crippen MR) is 80.3 cm³/mol. The summed E-state index contributed by atoms with van der Waals surface area (Å²) in [5.74, 6) is 0.463. The van der Waals surface area contributed by atoms with Gasteiger partial charge in [0.15, 0.2) is 0 Å². The number of hydrogen-bond donors (Lipinski definition) is 0. The molecule has 0 amide bonds. The molecule has 1 fully saturated rings. The highest BCUT2D eigenvalue weighted by Crippen LogP contribution is 2.40. The van der Waals surface area contributed by atoms with Crippen molar-refractivity contribution < 1.29 is 0 Å². The van der Waals surface area contributed by atoms with Gasteiger partial charge >= 0.3 is 0 Å². The number of nitrogens with zero attached hydrogens (tertiary/aromatic N) is 2. The zero-order valence-electron chi connectivity index (χ0n) is 12.5. The Balaban J connectivity index is 2.41. The van der Waals surface area contributed by atoms with Gasteiger partial charge in [0.2, 0.25) is 0 Å². The van der Waals surface area contributed by atoms with Crippen LogP contribution < -0.4 is 4.90 Å². The standard InChI is InChI=1S/C17H24N2/c1-13-7-5-8-14(2)16(13)19-12-6-9-15(10-11-18)17(19,3)4/h5,7-8,15H,6,9-10,12H2,1-4H3. The fourth-order valence-corrected chi connectivity index (χ4v) is 3.45. The third-order valence-electron chi connectivity index (χ3n) is 4.68. The van der Waals surface area contributed by atoms with Gasteiger partial charge in [0, 0.05) is 24.2 Å². The van der Waals surface area contributed by atoms with Gasteiger partial charge in [0.05, 0.1) is 6.07 Å². The van der Waals surface area contributed by atoms with E-state index in [1.54, 1.807) is 0 Å². The first kappa shape index (κ1) is 13.9. The van der Waals surface area contributed by atoms with E-state index in [1.165, 1.54) is 29.7 Å². The van der Waals surface area contributed by atoms with Gasteiger partial charge in [-0.2, -0.15) is 5.26 Å². The molecule has 2 nitrogen and oxygen atoms in total. The fraction of sp³-hybridized carbons (Fsp3) is 0.588. The summed E-state index contributed by atoms with van der Waals surface area (Å²) in [4.78, 5) is 2.53. The molecule has 0 spiro atoms. The molecular weight excluding hydrogens is 232 g/mol. The van der Waals surface area contributed by atoms with Crippen LogP contribution >= 0.6 is 0 Å². The van der Waals surface area contributed by atoms with Crippen LogP contribution in [-0.4, -0.2) is 12.1 Å². The molecule has 0 aliphatic carbocycles. The van der Waals surface area contributed by atoms with E-state index < -0.39 is 0 Å². The number of anilines is 1. The largest absolute Gasteiger partial charge is 0.366 e. The molecule has 0 bridgehead atoms. The monoisotopic (exact) mass is 256 g/mol. The molecule has 1 aromatic rings. The van der Waals surface area contributed by atoms with Crippen molar-refractivity contribution in [1.82, 2.24) is 0 Å². The minimum atomic E-state index is 0.0604. The van der Waals surface area contributed by atoms with Crippen molar-refractivity contribution in [3.05, 3.63) is 29.3 Å². The Kier molecular flexibility index (Phi) is 3.85. The molecule has 0 saturated carbocycles. The lowest BCUT2D eigenvalue weighted by molar-refractivity contribution is 0.241. The van der Waals surface area contributed by atoms with Crippen molar-refractivity contribution in [2.75, 3.05) is 11.4 Å². The fourth-order valence-electron chi connectivity index (χ4n) is 3.45. The average Bonchev–Trinajstić information content (AvgIpc) is 2.33. The Morgan fingerprint density at radius 2 is 1.95 bits per heavy atom. The normalized spacial score (nSPS) is 22.1. The van der Waals surface area contributed by atoms with E-state index in [9.17, 15) is 0 Å². The highest BCUT2D eigenvalue weighted by Gasteiger charge is 2.39. The Morgan fingerprint density at radius 3 is 2.53 bits per heavy atom. The van der Waals surface area contributed by atoms with E-state index in [4.69, 9.17) is 5.26 Å². The van der Waals surface area contributed by atoms with Crippen LogP contribution in [0.2, 0.25) is 0 Å². The van der Waals surface area contributed by atoms with Crippen molar-refractivity contribution in [3.63, 3.8) is 0 Å². The Bertz CT molecular complexity index is 476. The smallest absolute Gasteiger partial charge is 0.0625 e. The van der Waals surface area contributed by atoms with E-state index in [2.05, 4.69) is 56.9 Å². The summed E-state index contributed by atoms with van der Waals surface area (Å²) in [6.45, 7) is 10.1. The van der Waals surface area contributed by atoms with Gasteiger partial charge in [-0.05, 0) is 57.6 Å². The molecule has 1 aromatic carbocycles. The van der Waals surface area contributed by atoms with Crippen molar-refractivity contribution in [2.45, 2.75) is 52.5 Å². The quantitative estimate of drug-likeness (QED) is 0.792. The van der Waals surface area contributed by atoms with Gasteiger partial charge in [-0.15, -0.1) is 0 Å². The van der Waals surface area contributed by atoms with Gasteiger partial charge in [0.25, 0.3) is 0 Å². The van der Waals surface area contributed by atoms with E-state index in [-0.39, 0.29) is 5.54 Å². The molecule has 2 heteroatoms. The van der Waals surface area contributed by atoms with Crippen molar-refractivity contribution in [3.8, 4) is 6.07 Å². The third-order valence-corrected chi connectivity index (χ3v) is 4.68. The summed E-state index contributed by atoms with van der Waals surface area (Å²) in [7, 11) is 0. The molecular formula is C17H24N2. The van der Waals surface area contributed by atoms with E-state index >= 15 is 0 Å². The number of hydrogen-bond acceptors (Lipinski definition) is 2. The van der Waals surface area contributed by atoms with Crippen LogP contribution in [0.3, 0.4) is 0 Å². The van der Waals surface area contributed by atoms with Crippen molar-refractivity contribution >= 4 is 5.69 Å². The van der Waals surface area contributed by atoms with Crippen LogP contribution in [0.15, 0.2) is 18.2 Å². The summed E-state index contributed by atoms with van der Waals surface area (Å²) in [6.07, 6.45) is 3.01. The molecule has 1 aliphatic rings. The van der Waals surface area contributed by atoms with Crippen LogP contribution in [-0.2, 0) is 0 Å². The Labute approximate surface area is 117 Å². The maximum atomic E-state index is 9.05.